The van der Waals surface area contributed by atoms with Crippen molar-refractivity contribution in [2.75, 3.05) is 5.32 Å². The highest BCUT2D eigenvalue weighted by molar-refractivity contribution is 9.10. The molecule has 4 nitrogen and oxygen atoms in total. The number of hydrogen-bond donors (Lipinski definition) is 2. The van der Waals surface area contributed by atoms with Crippen molar-refractivity contribution in [3.05, 3.63) is 81.4 Å². The third kappa shape index (κ3) is 3.25. The maximum atomic E-state index is 11.5. The molecule has 0 amide bonds. The molecule has 3 aromatic rings. The van der Waals surface area contributed by atoms with Crippen LogP contribution in [0.2, 0.25) is 0 Å². The van der Waals surface area contributed by atoms with Crippen LogP contribution >= 0.6 is 15.9 Å². The number of nitrogens with zero attached hydrogens (tertiary/aromatic N) is 1. The van der Waals surface area contributed by atoms with E-state index in [1.165, 1.54) is 5.56 Å². The van der Waals surface area contributed by atoms with Crippen LogP contribution in [-0.4, -0.2) is 9.55 Å². The minimum absolute atomic E-state index is 0.134. The molecule has 0 atom stereocenters. The number of halogens is 1. The molecule has 0 unspecified atom stereocenters. The van der Waals surface area contributed by atoms with Gasteiger partial charge < -0.3 is 10.3 Å². The summed E-state index contributed by atoms with van der Waals surface area (Å²) in [5.74, 6) is 0. The summed E-state index contributed by atoms with van der Waals surface area (Å²) in [6.07, 6.45) is 3.34. The summed E-state index contributed by atoms with van der Waals surface area (Å²) in [5, 5.41) is 3.36. The Hall–Kier alpha value is -2.27. The summed E-state index contributed by atoms with van der Waals surface area (Å²) in [4.78, 5) is 14.2. The van der Waals surface area contributed by atoms with Gasteiger partial charge in [0.15, 0.2) is 0 Å². The Balaban J connectivity index is 1.69. The highest BCUT2D eigenvalue weighted by atomic mass is 79.9. The summed E-state index contributed by atoms with van der Waals surface area (Å²) in [7, 11) is 0. The summed E-state index contributed by atoms with van der Waals surface area (Å²) in [6, 6.07) is 16.0. The minimum Gasteiger partial charge on any atom is -0.381 e. The first-order valence-electron chi connectivity index (χ1n) is 6.57. The first-order valence-corrected chi connectivity index (χ1v) is 7.36. The van der Waals surface area contributed by atoms with Crippen LogP contribution in [0.4, 0.5) is 5.69 Å². The largest absolute Gasteiger partial charge is 0.381 e. The Morgan fingerprint density at radius 1 is 1.05 bits per heavy atom. The Labute approximate surface area is 130 Å². The lowest BCUT2D eigenvalue weighted by Crippen LogP contribution is -2.13. The van der Waals surface area contributed by atoms with Crippen molar-refractivity contribution in [3.63, 3.8) is 0 Å². The van der Waals surface area contributed by atoms with Crippen LogP contribution in [0.25, 0.3) is 5.69 Å². The van der Waals surface area contributed by atoms with Crippen LogP contribution in [0.3, 0.4) is 0 Å². The maximum Gasteiger partial charge on any atom is 0.330 e. The van der Waals surface area contributed by atoms with E-state index in [4.69, 9.17) is 0 Å². The molecule has 2 aromatic carbocycles. The molecule has 1 heterocycles. The smallest absolute Gasteiger partial charge is 0.330 e. The van der Waals surface area contributed by atoms with Gasteiger partial charge in [0.2, 0.25) is 0 Å². The highest BCUT2D eigenvalue weighted by Gasteiger charge is 2.00. The fourth-order valence-electron chi connectivity index (χ4n) is 2.07. The molecule has 21 heavy (non-hydrogen) atoms. The van der Waals surface area contributed by atoms with Crippen LogP contribution in [-0.2, 0) is 6.54 Å². The lowest BCUT2D eigenvalue weighted by molar-refractivity contribution is 0.987. The van der Waals surface area contributed by atoms with Crippen LogP contribution in [0.1, 0.15) is 5.56 Å². The summed E-state index contributed by atoms with van der Waals surface area (Å²) in [5.41, 5.74) is 2.94. The zero-order valence-corrected chi connectivity index (χ0v) is 12.8. The number of nitrogens with one attached hydrogen (secondary N) is 2. The van der Waals surface area contributed by atoms with Gasteiger partial charge in [0.05, 0.1) is 5.69 Å². The minimum atomic E-state index is -0.134. The first-order chi connectivity index (χ1) is 10.2. The van der Waals surface area contributed by atoms with Crippen molar-refractivity contribution >= 4 is 21.6 Å². The Kier molecular flexibility index (Phi) is 3.92. The number of anilines is 1. The van der Waals surface area contributed by atoms with Gasteiger partial charge in [0, 0.05) is 29.1 Å². The summed E-state index contributed by atoms with van der Waals surface area (Å²) >= 11 is 3.42. The SMILES string of the molecule is O=c1[nH]ccn1-c1ccc(NCc2ccc(Br)cc2)cc1. The van der Waals surface area contributed by atoms with Crippen LogP contribution in [0, 0.1) is 0 Å². The molecule has 0 radical (unpaired) electrons. The highest BCUT2D eigenvalue weighted by Crippen LogP contribution is 2.15. The number of aromatic amines is 1. The number of H-pyrrole nitrogens is 1. The lowest BCUT2D eigenvalue weighted by atomic mass is 10.2. The second kappa shape index (κ2) is 6.01. The molecule has 5 heteroatoms. The summed E-state index contributed by atoms with van der Waals surface area (Å²) < 4.78 is 2.64. The van der Waals surface area contributed by atoms with Crippen LogP contribution in [0.5, 0.6) is 0 Å². The standard InChI is InChI=1S/C16H14BrN3O/c17-13-3-1-12(2-4-13)11-19-14-5-7-15(8-6-14)20-10-9-18-16(20)21/h1-10,19H,11H2,(H,18,21). The van der Waals surface area contributed by atoms with Crippen LogP contribution in [0.15, 0.2) is 70.2 Å². The van der Waals surface area contributed by atoms with Gasteiger partial charge >= 0.3 is 5.69 Å². The fraction of sp³-hybridized carbons (Fsp3) is 0.0625. The molecular weight excluding hydrogens is 330 g/mol. The average Bonchev–Trinajstić information content (AvgIpc) is 2.93. The van der Waals surface area contributed by atoms with Crippen molar-refractivity contribution in [2.45, 2.75) is 6.54 Å². The molecule has 0 aliphatic heterocycles. The Morgan fingerprint density at radius 3 is 2.38 bits per heavy atom. The van der Waals surface area contributed by atoms with Crippen molar-refractivity contribution < 1.29 is 0 Å². The van der Waals surface area contributed by atoms with E-state index in [1.54, 1.807) is 17.0 Å². The molecule has 0 spiro atoms. The van der Waals surface area contributed by atoms with E-state index in [2.05, 4.69) is 38.4 Å². The molecule has 2 N–H and O–H groups in total. The number of benzene rings is 2. The van der Waals surface area contributed by atoms with Gasteiger partial charge in [-0.3, -0.25) is 4.57 Å². The number of rotatable bonds is 4. The molecule has 106 valence electrons. The van der Waals surface area contributed by atoms with Crippen LogP contribution < -0.4 is 11.0 Å². The predicted molar refractivity (Wildman–Crippen MR) is 87.9 cm³/mol. The molecule has 0 fully saturated rings. The van der Waals surface area contributed by atoms with Crippen molar-refractivity contribution in [3.8, 4) is 5.69 Å². The van der Waals surface area contributed by atoms with Gasteiger partial charge in [-0.25, -0.2) is 4.79 Å². The molecule has 0 saturated carbocycles. The first kappa shape index (κ1) is 13.7. The van der Waals surface area contributed by atoms with Crippen molar-refractivity contribution in [1.29, 1.82) is 0 Å². The Bertz CT molecular complexity index is 772. The second-order valence-corrected chi connectivity index (χ2v) is 5.58. The van der Waals surface area contributed by atoms with Gasteiger partial charge in [-0.1, -0.05) is 28.1 Å². The van der Waals surface area contributed by atoms with E-state index in [0.717, 1.165) is 22.4 Å². The molecule has 0 bridgehead atoms. The maximum absolute atomic E-state index is 11.5. The summed E-state index contributed by atoms with van der Waals surface area (Å²) in [6.45, 7) is 0.761. The number of imidazole rings is 1. The third-order valence-electron chi connectivity index (χ3n) is 3.20. The van der Waals surface area contributed by atoms with E-state index in [9.17, 15) is 4.79 Å². The van der Waals surface area contributed by atoms with Gasteiger partial charge in [0.1, 0.15) is 0 Å². The topological polar surface area (TPSA) is 49.8 Å². The third-order valence-corrected chi connectivity index (χ3v) is 3.73. The molecule has 1 aromatic heterocycles. The molecule has 3 rings (SSSR count). The van der Waals surface area contributed by atoms with E-state index in [-0.39, 0.29) is 5.69 Å². The monoisotopic (exact) mass is 343 g/mol. The van der Waals surface area contributed by atoms with E-state index < -0.39 is 0 Å². The normalized spacial score (nSPS) is 10.5. The van der Waals surface area contributed by atoms with E-state index in [0.29, 0.717) is 0 Å². The van der Waals surface area contributed by atoms with Gasteiger partial charge in [-0.2, -0.15) is 0 Å². The predicted octanol–water partition coefficient (Wildman–Crippen LogP) is 3.54. The zero-order valence-electron chi connectivity index (χ0n) is 11.2. The number of hydrogen-bond acceptors (Lipinski definition) is 2. The molecule has 0 aliphatic rings. The molecular formula is C16H14BrN3O. The van der Waals surface area contributed by atoms with E-state index >= 15 is 0 Å². The van der Waals surface area contributed by atoms with Crippen molar-refractivity contribution in [1.82, 2.24) is 9.55 Å². The van der Waals surface area contributed by atoms with Gasteiger partial charge in [0.25, 0.3) is 0 Å². The second-order valence-electron chi connectivity index (χ2n) is 4.66. The fourth-order valence-corrected chi connectivity index (χ4v) is 2.33. The quantitative estimate of drug-likeness (QED) is 0.761. The van der Waals surface area contributed by atoms with Crippen molar-refractivity contribution in [2.24, 2.45) is 0 Å². The lowest BCUT2D eigenvalue weighted by Gasteiger charge is -2.08. The van der Waals surface area contributed by atoms with Gasteiger partial charge in [-0.15, -0.1) is 0 Å². The zero-order chi connectivity index (χ0) is 14.7. The molecule has 0 aliphatic carbocycles. The number of aromatic nitrogens is 2. The van der Waals surface area contributed by atoms with Gasteiger partial charge in [-0.05, 0) is 42.0 Å². The Morgan fingerprint density at radius 2 is 1.76 bits per heavy atom. The van der Waals surface area contributed by atoms with E-state index in [1.807, 2.05) is 36.4 Å². The molecule has 0 saturated heterocycles. The average molecular weight is 344 g/mol.